The number of carbonyl (C=O) groups is 4. The minimum atomic E-state index is -1.18. The van der Waals surface area contributed by atoms with Gasteiger partial charge in [-0.25, -0.2) is 9.59 Å². The number of benzene rings is 1. The van der Waals surface area contributed by atoms with E-state index in [0.717, 1.165) is 0 Å². The first kappa shape index (κ1) is 24.2. The molecule has 11 heteroatoms. The highest BCUT2D eigenvalue weighted by atomic mass is 32.2. The summed E-state index contributed by atoms with van der Waals surface area (Å²) in [7, 11) is 1.59. The molecule has 10 nitrogen and oxygen atoms in total. The molecule has 0 saturated carbocycles. The van der Waals surface area contributed by atoms with Crippen molar-refractivity contribution in [3.63, 3.8) is 0 Å². The molecule has 2 saturated heterocycles. The predicted octanol–water partition coefficient (Wildman–Crippen LogP) is 0.965. The zero-order valence-electron chi connectivity index (χ0n) is 19.0. The zero-order chi connectivity index (χ0) is 24.9. The number of carboxylic acids is 2. The maximum absolute atomic E-state index is 13.0. The lowest BCUT2D eigenvalue weighted by atomic mass is 9.79. The Bertz CT molecular complexity index is 1090. The van der Waals surface area contributed by atoms with Gasteiger partial charge in [0.2, 0.25) is 11.8 Å². The van der Waals surface area contributed by atoms with E-state index in [1.54, 1.807) is 19.2 Å². The van der Waals surface area contributed by atoms with Crippen molar-refractivity contribution in [3.05, 3.63) is 40.4 Å². The van der Waals surface area contributed by atoms with Crippen molar-refractivity contribution in [3.8, 4) is 0 Å². The van der Waals surface area contributed by atoms with Crippen LogP contribution in [0.25, 0.3) is 0 Å². The number of hydrogen-bond acceptors (Lipinski definition) is 7. The van der Waals surface area contributed by atoms with Crippen LogP contribution in [0.5, 0.6) is 0 Å². The van der Waals surface area contributed by atoms with Gasteiger partial charge in [-0.2, -0.15) is 0 Å². The van der Waals surface area contributed by atoms with E-state index >= 15 is 0 Å². The fourth-order valence-electron chi connectivity index (χ4n) is 5.05. The summed E-state index contributed by atoms with van der Waals surface area (Å²) < 4.78 is 0. The monoisotopic (exact) mass is 489 g/mol. The first-order chi connectivity index (χ1) is 16.0. The molecule has 4 N–H and O–H groups in total. The highest BCUT2D eigenvalue weighted by Gasteiger charge is 2.60. The van der Waals surface area contributed by atoms with Crippen molar-refractivity contribution in [1.82, 2.24) is 10.2 Å². The molecular weight excluding hydrogens is 462 g/mol. The standard InChI is InChI=1S/C23H27N3O7S/c1-10-17-16(11(2)27)21(29)26(17)18(23(32)33)19(10)34-14-8-15(24-9-14)20(28)25(3)13-6-4-5-12(7-13)22(30)31/h4-7,10-11,14-17,24,27H,8-9H2,1-3H3,(H,30,31)(H,32,33). The van der Waals surface area contributed by atoms with Gasteiger partial charge in [-0.15, -0.1) is 11.8 Å². The fraction of sp³-hybridized carbons (Fsp3) is 0.478. The van der Waals surface area contributed by atoms with Crippen LogP contribution in [0.2, 0.25) is 0 Å². The number of carbonyl (C=O) groups excluding carboxylic acids is 2. The Kier molecular flexibility index (Phi) is 6.45. The molecule has 4 rings (SSSR count). The Morgan fingerprint density at radius 1 is 1.24 bits per heavy atom. The van der Waals surface area contributed by atoms with Crippen LogP contribution in [0.4, 0.5) is 5.69 Å². The zero-order valence-corrected chi connectivity index (χ0v) is 19.8. The van der Waals surface area contributed by atoms with Crippen LogP contribution in [0.15, 0.2) is 34.9 Å². The number of rotatable bonds is 7. The molecule has 34 heavy (non-hydrogen) atoms. The van der Waals surface area contributed by atoms with Gasteiger partial charge >= 0.3 is 11.9 Å². The van der Waals surface area contributed by atoms with Crippen molar-refractivity contribution in [2.45, 2.75) is 43.7 Å². The molecule has 0 spiro atoms. The Balaban J connectivity index is 1.46. The molecule has 2 amide bonds. The van der Waals surface area contributed by atoms with Gasteiger partial charge in [-0.05, 0) is 31.5 Å². The van der Waals surface area contributed by atoms with Crippen LogP contribution in [-0.2, 0) is 14.4 Å². The molecule has 0 radical (unpaired) electrons. The number of aliphatic hydroxyl groups excluding tert-OH is 1. The Morgan fingerprint density at radius 2 is 1.94 bits per heavy atom. The van der Waals surface area contributed by atoms with Crippen molar-refractivity contribution in [2.24, 2.45) is 11.8 Å². The highest BCUT2D eigenvalue weighted by Crippen LogP contribution is 2.51. The number of likely N-dealkylation sites (N-methyl/N-ethyl adjacent to an activating group) is 1. The van der Waals surface area contributed by atoms with E-state index in [2.05, 4.69) is 5.32 Å². The Labute approximate surface area is 200 Å². The number of amides is 2. The van der Waals surface area contributed by atoms with Gasteiger partial charge < -0.3 is 30.4 Å². The number of thioether (sulfide) groups is 1. The average molecular weight is 490 g/mol. The van der Waals surface area contributed by atoms with Crippen molar-refractivity contribution >= 4 is 41.2 Å². The third kappa shape index (κ3) is 3.97. The van der Waals surface area contributed by atoms with E-state index in [1.807, 2.05) is 6.92 Å². The van der Waals surface area contributed by atoms with Gasteiger partial charge in [0.15, 0.2) is 0 Å². The van der Waals surface area contributed by atoms with Gasteiger partial charge in [0, 0.05) is 35.4 Å². The summed E-state index contributed by atoms with van der Waals surface area (Å²) in [4.78, 5) is 52.1. The second kappa shape index (κ2) is 9.05. The summed E-state index contributed by atoms with van der Waals surface area (Å²) in [6.07, 6.45) is -0.408. The van der Waals surface area contributed by atoms with Crippen LogP contribution in [0, 0.1) is 11.8 Å². The van der Waals surface area contributed by atoms with Gasteiger partial charge in [-0.1, -0.05) is 13.0 Å². The Hall–Kier alpha value is -2.89. The number of hydrogen-bond donors (Lipinski definition) is 4. The van der Waals surface area contributed by atoms with Gasteiger partial charge in [0.25, 0.3) is 0 Å². The highest BCUT2D eigenvalue weighted by molar-refractivity contribution is 8.03. The number of carboxylic acid groups (broad SMARTS) is 2. The molecule has 3 aliphatic rings. The molecule has 1 aromatic rings. The third-order valence-corrected chi connectivity index (χ3v) is 8.32. The molecule has 0 aromatic heterocycles. The van der Waals surface area contributed by atoms with E-state index in [-0.39, 0.29) is 40.3 Å². The van der Waals surface area contributed by atoms with Crippen LogP contribution >= 0.6 is 11.8 Å². The van der Waals surface area contributed by atoms with Crippen molar-refractivity contribution < 1.29 is 34.5 Å². The normalized spacial score (nSPS) is 29.0. The van der Waals surface area contributed by atoms with Crippen LogP contribution in [0.3, 0.4) is 0 Å². The first-order valence-corrected chi connectivity index (χ1v) is 11.9. The number of aromatic carboxylic acids is 1. The van der Waals surface area contributed by atoms with E-state index in [4.69, 9.17) is 0 Å². The number of anilines is 1. The summed E-state index contributed by atoms with van der Waals surface area (Å²) in [6, 6.07) is 5.25. The minimum absolute atomic E-state index is 0.0261. The van der Waals surface area contributed by atoms with E-state index < -0.39 is 30.0 Å². The number of nitrogens with zero attached hydrogens (tertiary/aromatic N) is 2. The SMILES string of the molecule is CC(O)C1C(=O)N2C(C(=O)O)=C(SC3CNC(C(=O)N(C)c4cccc(C(=O)O)c4)C3)C(C)C12. The predicted molar refractivity (Wildman–Crippen MR) is 124 cm³/mol. The molecule has 0 bridgehead atoms. The van der Waals surface area contributed by atoms with Gasteiger partial charge in [0.05, 0.1) is 29.7 Å². The van der Waals surface area contributed by atoms with Crippen LogP contribution < -0.4 is 10.2 Å². The maximum atomic E-state index is 13.0. The number of fused-ring (bicyclic) bond motifs is 1. The molecule has 3 aliphatic heterocycles. The minimum Gasteiger partial charge on any atom is -0.478 e. The summed E-state index contributed by atoms with van der Waals surface area (Å²) in [5, 5.41) is 32.1. The van der Waals surface area contributed by atoms with E-state index in [9.17, 15) is 34.5 Å². The second-order valence-corrected chi connectivity index (χ2v) is 10.3. The first-order valence-electron chi connectivity index (χ1n) is 11.0. The lowest BCUT2D eigenvalue weighted by molar-refractivity contribution is -0.163. The summed E-state index contributed by atoms with van der Waals surface area (Å²) in [5.41, 5.74) is 0.528. The molecule has 1 aromatic carbocycles. The molecule has 6 atom stereocenters. The number of aliphatic carboxylic acids is 1. The average Bonchev–Trinajstić information content (AvgIpc) is 3.34. The lowest BCUT2D eigenvalue weighted by Crippen LogP contribution is -2.63. The molecule has 2 fully saturated rings. The van der Waals surface area contributed by atoms with Gasteiger partial charge in [-0.3, -0.25) is 9.59 Å². The lowest BCUT2D eigenvalue weighted by Gasteiger charge is -2.46. The quantitative estimate of drug-likeness (QED) is 0.411. The second-order valence-electron chi connectivity index (χ2n) is 8.96. The molecule has 3 heterocycles. The van der Waals surface area contributed by atoms with Crippen molar-refractivity contribution in [2.75, 3.05) is 18.5 Å². The van der Waals surface area contributed by atoms with E-state index in [0.29, 0.717) is 23.6 Å². The summed E-state index contributed by atoms with van der Waals surface area (Å²) in [5.74, 6) is -3.69. The van der Waals surface area contributed by atoms with Crippen LogP contribution in [0.1, 0.15) is 30.6 Å². The number of β-lactam (4-membered cyclic amide) rings is 1. The summed E-state index contributed by atoms with van der Waals surface area (Å²) >= 11 is 1.37. The molecule has 6 unspecified atom stereocenters. The largest absolute Gasteiger partial charge is 0.478 e. The molecular formula is C23H27N3O7S. The molecule has 0 aliphatic carbocycles. The van der Waals surface area contributed by atoms with Crippen LogP contribution in [-0.4, -0.2) is 81.0 Å². The maximum Gasteiger partial charge on any atom is 0.353 e. The number of nitrogens with one attached hydrogen (secondary N) is 1. The summed E-state index contributed by atoms with van der Waals surface area (Å²) in [6.45, 7) is 3.88. The third-order valence-electron chi connectivity index (χ3n) is 6.80. The smallest absolute Gasteiger partial charge is 0.353 e. The molecule has 182 valence electrons. The van der Waals surface area contributed by atoms with Crippen molar-refractivity contribution in [1.29, 1.82) is 0 Å². The fourth-order valence-corrected chi connectivity index (χ4v) is 6.53. The number of aliphatic hydroxyl groups is 1. The van der Waals surface area contributed by atoms with Gasteiger partial charge in [0.1, 0.15) is 5.70 Å². The van der Waals surface area contributed by atoms with E-state index in [1.165, 1.54) is 40.6 Å². The Morgan fingerprint density at radius 3 is 2.56 bits per heavy atom. The topological polar surface area (TPSA) is 147 Å².